The van der Waals surface area contributed by atoms with Crippen molar-refractivity contribution in [1.82, 2.24) is 10.2 Å². The summed E-state index contributed by atoms with van der Waals surface area (Å²) < 4.78 is 0. The van der Waals surface area contributed by atoms with Crippen molar-refractivity contribution in [3.05, 3.63) is 0 Å². The number of nitrogens with two attached hydrogens (primary N) is 1. The molecule has 1 atom stereocenters. The van der Waals surface area contributed by atoms with Crippen molar-refractivity contribution >= 4 is 5.91 Å². The third-order valence-electron chi connectivity index (χ3n) is 4.09. The Bertz CT molecular complexity index is 285. The number of nitrogens with zero attached hydrogens (tertiary/aromatic N) is 1. The molecule has 1 rings (SSSR count). The van der Waals surface area contributed by atoms with Crippen molar-refractivity contribution in [3.63, 3.8) is 0 Å². The van der Waals surface area contributed by atoms with E-state index in [1.165, 1.54) is 0 Å². The van der Waals surface area contributed by atoms with E-state index in [9.17, 15) is 4.79 Å². The van der Waals surface area contributed by atoms with Gasteiger partial charge in [-0.05, 0) is 31.6 Å². The van der Waals surface area contributed by atoms with E-state index in [1.807, 2.05) is 0 Å². The molecule has 1 unspecified atom stereocenters. The van der Waals surface area contributed by atoms with Crippen molar-refractivity contribution in [3.8, 4) is 0 Å². The third kappa shape index (κ3) is 5.80. The second kappa shape index (κ2) is 8.63. The number of hydrogen-bond donors (Lipinski definition) is 2. The Morgan fingerprint density at radius 3 is 2.25 bits per heavy atom. The standard InChI is InChI=1S/C16H33N3O/c1-5-14(6-2)19(11-12(3)4)15(10-17)9-16(20)18-13-7-8-13/h12-15H,5-11,17H2,1-4H3,(H,18,20). The Morgan fingerprint density at radius 1 is 1.25 bits per heavy atom. The fraction of sp³-hybridized carbons (Fsp3) is 0.938. The van der Waals surface area contributed by atoms with Crippen LogP contribution < -0.4 is 11.1 Å². The number of carbonyl (C=O) groups excluding carboxylic acids is 1. The summed E-state index contributed by atoms with van der Waals surface area (Å²) in [5, 5.41) is 3.08. The first-order chi connectivity index (χ1) is 9.51. The molecule has 20 heavy (non-hydrogen) atoms. The molecule has 4 heteroatoms. The Morgan fingerprint density at radius 2 is 1.85 bits per heavy atom. The summed E-state index contributed by atoms with van der Waals surface area (Å²) in [6.45, 7) is 10.5. The number of amides is 1. The molecular weight excluding hydrogens is 250 g/mol. The van der Waals surface area contributed by atoms with E-state index in [-0.39, 0.29) is 11.9 Å². The minimum Gasteiger partial charge on any atom is -0.353 e. The molecule has 0 bridgehead atoms. The minimum absolute atomic E-state index is 0.168. The molecule has 0 spiro atoms. The highest BCUT2D eigenvalue weighted by Crippen LogP contribution is 2.20. The third-order valence-corrected chi connectivity index (χ3v) is 4.09. The van der Waals surface area contributed by atoms with E-state index in [2.05, 4.69) is 37.9 Å². The lowest BCUT2D eigenvalue weighted by molar-refractivity contribution is -0.122. The van der Waals surface area contributed by atoms with Gasteiger partial charge >= 0.3 is 0 Å². The summed E-state index contributed by atoms with van der Waals surface area (Å²) in [7, 11) is 0. The molecule has 4 nitrogen and oxygen atoms in total. The van der Waals surface area contributed by atoms with Crippen molar-refractivity contribution in [2.24, 2.45) is 11.7 Å². The van der Waals surface area contributed by atoms with Crippen LogP contribution in [0.15, 0.2) is 0 Å². The molecule has 1 aliphatic carbocycles. The van der Waals surface area contributed by atoms with Crippen LogP contribution >= 0.6 is 0 Å². The van der Waals surface area contributed by atoms with E-state index in [4.69, 9.17) is 5.73 Å². The summed E-state index contributed by atoms with van der Waals surface area (Å²) in [5.41, 5.74) is 5.97. The van der Waals surface area contributed by atoms with Gasteiger partial charge in [-0.1, -0.05) is 27.7 Å². The van der Waals surface area contributed by atoms with Gasteiger partial charge in [-0.15, -0.1) is 0 Å². The van der Waals surface area contributed by atoms with Crippen LogP contribution in [0.5, 0.6) is 0 Å². The average molecular weight is 283 g/mol. The molecule has 1 fully saturated rings. The molecular formula is C16H33N3O. The molecule has 0 radical (unpaired) electrons. The summed E-state index contributed by atoms with van der Waals surface area (Å²) in [5.74, 6) is 0.763. The predicted molar refractivity (Wildman–Crippen MR) is 84.5 cm³/mol. The van der Waals surface area contributed by atoms with Crippen LogP contribution in [0.25, 0.3) is 0 Å². The van der Waals surface area contributed by atoms with Gasteiger partial charge in [0.15, 0.2) is 0 Å². The summed E-state index contributed by atoms with van der Waals surface area (Å²) in [6.07, 6.45) is 5.05. The normalized spacial score (nSPS) is 17.0. The van der Waals surface area contributed by atoms with E-state index in [1.54, 1.807) is 0 Å². The molecule has 0 aromatic rings. The summed E-state index contributed by atoms with van der Waals surface area (Å²) in [6, 6.07) is 1.13. The van der Waals surface area contributed by atoms with Gasteiger partial charge in [0.25, 0.3) is 0 Å². The number of nitrogens with one attached hydrogen (secondary N) is 1. The predicted octanol–water partition coefficient (Wildman–Crippen LogP) is 2.13. The molecule has 0 saturated heterocycles. The fourth-order valence-electron chi connectivity index (χ4n) is 2.84. The van der Waals surface area contributed by atoms with Gasteiger partial charge in [0.2, 0.25) is 5.91 Å². The number of hydrogen-bond acceptors (Lipinski definition) is 3. The van der Waals surface area contributed by atoms with Gasteiger partial charge in [0.1, 0.15) is 0 Å². The van der Waals surface area contributed by atoms with Crippen LogP contribution in [-0.2, 0) is 4.79 Å². The molecule has 1 aliphatic rings. The monoisotopic (exact) mass is 283 g/mol. The van der Waals surface area contributed by atoms with Gasteiger partial charge < -0.3 is 11.1 Å². The molecule has 0 aromatic carbocycles. The zero-order valence-corrected chi connectivity index (χ0v) is 13.7. The van der Waals surface area contributed by atoms with Crippen LogP contribution in [0.3, 0.4) is 0 Å². The van der Waals surface area contributed by atoms with E-state index in [0.29, 0.717) is 31.0 Å². The smallest absolute Gasteiger partial charge is 0.221 e. The van der Waals surface area contributed by atoms with Gasteiger partial charge in [-0.3, -0.25) is 9.69 Å². The zero-order chi connectivity index (χ0) is 15.1. The zero-order valence-electron chi connectivity index (χ0n) is 13.7. The van der Waals surface area contributed by atoms with Crippen molar-refractivity contribution in [2.45, 2.75) is 77.9 Å². The summed E-state index contributed by atoms with van der Waals surface area (Å²) >= 11 is 0. The van der Waals surface area contributed by atoms with Crippen LogP contribution in [0, 0.1) is 5.92 Å². The minimum atomic E-state index is 0.168. The fourth-order valence-corrected chi connectivity index (χ4v) is 2.84. The van der Waals surface area contributed by atoms with E-state index < -0.39 is 0 Å². The molecule has 118 valence electrons. The lowest BCUT2D eigenvalue weighted by Crippen LogP contribution is -2.50. The lowest BCUT2D eigenvalue weighted by Gasteiger charge is -2.38. The molecule has 1 saturated carbocycles. The second-order valence-corrected chi connectivity index (χ2v) is 6.50. The van der Waals surface area contributed by atoms with Crippen molar-refractivity contribution in [2.75, 3.05) is 13.1 Å². The van der Waals surface area contributed by atoms with E-state index in [0.717, 1.165) is 32.2 Å². The maximum Gasteiger partial charge on any atom is 0.221 e. The average Bonchev–Trinajstić information content (AvgIpc) is 3.19. The highest BCUT2D eigenvalue weighted by Gasteiger charge is 2.28. The van der Waals surface area contributed by atoms with Gasteiger partial charge in [0, 0.05) is 37.6 Å². The lowest BCUT2D eigenvalue weighted by atomic mass is 10.0. The molecule has 1 amide bonds. The maximum atomic E-state index is 12.1. The van der Waals surface area contributed by atoms with Crippen LogP contribution in [-0.4, -0.2) is 42.0 Å². The van der Waals surface area contributed by atoms with E-state index >= 15 is 0 Å². The number of rotatable bonds is 10. The Labute approximate surface area is 124 Å². The molecule has 3 N–H and O–H groups in total. The Kier molecular flexibility index (Phi) is 7.52. The van der Waals surface area contributed by atoms with Crippen molar-refractivity contribution < 1.29 is 4.79 Å². The first kappa shape index (κ1) is 17.4. The quantitative estimate of drug-likeness (QED) is 0.646. The topological polar surface area (TPSA) is 58.4 Å². The Balaban J connectivity index is 2.63. The van der Waals surface area contributed by atoms with Gasteiger partial charge in [0.05, 0.1) is 0 Å². The first-order valence-electron chi connectivity index (χ1n) is 8.26. The molecule has 0 aliphatic heterocycles. The van der Waals surface area contributed by atoms with Crippen LogP contribution in [0.4, 0.5) is 0 Å². The number of carbonyl (C=O) groups is 1. The largest absolute Gasteiger partial charge is 0.353 e. The molecule has 0 aromatic heterocycles. The van der Waals surface area contributed by atoms with Gasteiger partial charge in [-0.25, -0.2) is 0 Å². The second-order valence-electron chi connectivity index (χ2n) is 6.50. The Hall–Kier alpha value is -0.610. The maximum absolute atomic E-state index is 12.1. The van der Waals surface area contributed by atoms with Crippen molar-refractivity contribution in [1.29, 1.82) is 0 Å². The SMILES string of the molecule is CCC(CC)N(CC(C)C)C(CN)CC(=O)NC1CC1. The first-order valence-corrected chi connectivity index (χ1v) is 8.26. The highest BCUT2D eigenvalue weighted by molar-refractivity contribution is 5.77. The summed E-state index contributed by atoms with van der Waals surface area (Å²) in [4.78, 5) is 14.5. The highest BCUT2D eigenvalue weighted by atomic mass is 16.1. The van der Waals surface area contributed by atoms with Gasteiger partial charge in [-0.2, -0.15) is 0 Å². The van der Waals surface area contributed by atoms with Crippen LogP contribution in [0.2, 0.25) is 0 Å². The molecule has 0 heterocycles. The van der Waals surface area contributed by atoms with Crippen LogP contribution in [0.1, 0.15) is 59.8 Å².